The molecule has 1 atom stereocenters. The standard InChI is InChI=1S/C22H27N3O2S/c1-4-24-20-10-6-5-9-19(20)23-22(24)28-14-21(26)18-12-15(2)25(16(18)3)13-17-8-7-11-27-17/h5-6,9-10,12,17H,4,7-8,11,13-14H2,1-3H3/t17-/m1/s1. The zero-order chi connectivity index (χ0) is 19.7. The minimum atomic E-state index is 0.159. The molecule has 0 aliphatic carbocycles. The van der Waals surface area contributed by atoms with Crippen LogP contribution >= 0.6 is 11.8 Å². The van der Waals surface area contributed by atoms with Gasteiger partial charge in [0.15, 0.2) is 10.9 Å². The summed E-state index contributed by atoms with van der Waals surface area (Å²) in [5, 5.41) is 0.908. The fourth-order valence-electron chi connectivity index (χ4n) is 4.03. The van der Waals surface area contributed by atoms with Crippen LogP contribution in [-0.4, -0.2) is 38.4 Å². The maximum atomic E-state index is 13.0. The van der Waals surface area contributed by atoms with Gasteiger partial charge in [0.25, 0.3) is 0 Å². The lowest BCUT2D eigenvalue weighted by atomic mass is 10.2. The molecule has 0 bridgehead atoms. The molecule has 0 amide bonds. The summed E-state index contributed by atoms with van der Waals surface area (Å²) in [5.41, 5.74) is 5.09. The third-order valence-corrected chi connectivity index (χ3v) is 6.53. The lowest BCUT2D eigenvalue weighted by Crippen LogP contribution is -2.17. The van der Waals surface area contributed by atoms with Crippen molar-refractivity contribution in [2.75, 3.05) is 12.4 Å². The third-order valence-electron chi connectivity index (χ3n) is 5.55. The Morgan fingerprint density at radius 3 is 2.86 bits per heavy atom. The number of aromatic nitrogens is 3. The van der Waals surface area contributed by atoms with Gasteiger partial charge in [0.2, 0.25) is 0 Å². The molecule has 0 radical (unpaired) electrons. The van der Waals surface area contributed by atoms with Crippen LogP contribution in [0, 0.1) is 13.8 Å². The maximum Gasteiger partial charge on any atom is 0.175 e. The second-order valence-electron chi connectivity index (χ2n) is 7.37. The molecule has 3 aromatic rings. The van der Waals surface area contributed by atoms with Crippen molar-refractivity contribution >= 4 is 28.6 Å². The van der Waals surface area contributed by atoms with E-state index in [9.17, 15) is 4.79 Å². The molecule has 1 aromatic carbocycles. The number of ether oxygens (including phenoxy) is 1. The van der Waals surface area contributed by atoms with Gasteiger partial charge in [-0.3, -0.25) is 4.79 Å². The average Bonchev–Trinajstić information content (AvgIpc) is 3.40. The number of para-hydroxylation sites is 2. The monoisotopic (exact) mass is 397 g/mol. The Balaban J connectivity index is 1.50. The van der Waals surface area contributed by atoms with Crippen LogP contribution in [0.3, 0.4) is 0 Å². The van der Waals surface area contributed by atoms with Gasteiger partial charge in [-0.1, -0.05) is 23.9 Å². The van der Waals surface area contributed by atoms with Crippen LogP contribution < -0.4 is 0 Å². The molecule has 5 nitrogen and oxygen atoms in total. The number of ketones is 1. The molecular formula is C22H27N3O2S. The van der Waals surface area contributed by atoms with E-state index < -0.39 is 0 Å². The van der Waals surface area contributed by atoms with Crippen molar-refractivity contribution in [3.05, 3.63) is 47.3 Å². The van der Waals surface area contributed by atoms with Crippen LogP contribution in [0.1, 0.15) is 41.5 Å². The molecule has 1 fully saturated rings. The zero-order valence-corrected chi connectivity index (χ0v) is 17.6. The fourth-order valence-corrected chi connectivity index (χ4v) is 5.00. The van der Waals surface area contributed by atoms with E-state index in [0.717, 1.165) is 65.7 Å². The van der Waals surface area contributed by atoms with Crippen molar-refractivity contribution in [1.29, 1.82) is 0 Å². The van der Waals surface area contributed by atoms with Crippen molar-refractivity contribution in [2.24, 2.45) is 0 Å². The largest absolute Gasteiger partial charge is 0.376 e. The number of nitrogens with zero attached hydrogens (tertiary/aromatic N) is 3. The van der Waals surface area contributed by atoms with Crippen LogP contribution in [0.5, 0.6) is 0 Å². The summed E-state index contributed by atoms with van der Waals surface area (Å²) in [6.07, 6.45) is 2.50. The Bertz CT molecular complexity index is 999. The SMILES string of the molecule is CCn1c(SCC(=O)c2cc(C)n(C[C@H]3CCCO3)c2C)nc2ccccc21. The van der Waals surface area contributed by atoms with E-state index in [1.165, 1.54) is 11.8 Å². The van der Waals surface area contributed by atoms with Gasteiger partial charge < -0.3 is 13.9 Å². The van der Waals surface area contributed by atoms with Gasteiger partial charge in [0.1, 0.15) is 0 Å². The molecular weight excluding hydrogens is 370 g/mol. The molecule has 0 N–H and O–H groups in total. The van der Waals surface area contributed by atoms with Crippen LogP contribution in [0.15, 0.2) is 35.5 Å². The van der Waals surface area contributed by atoms with Gasteiger partial charge in [-0.15, -0.1) is 0 Å². The molecule has 0 unspecified atom stereocenters. The summed E-state index contributed by atoms with van der Waals surface area (Å²) in [6.45, 7) is 8.75. The molecule has 3 heterocycles. The molecule has 2 aromatic heterocycles. The van der Waals surface area contributed by atoms with Crippen LogP contribution in [0.2, 0.25) is 0 Å². The second-order valence-corrected chi connectivity index (χ2v) is 8.31. The molecule has 0 saturated carbocycles. The first-order valence-corrected chi connectivity index (χ1v) is 11.0. The Kier molecular flexibility index (Phi) is 5.60. The van der Waals surface area contributed by atoms with Crippen molar-refractivity contribution in [1.82, 2.24) is 14.1 Å². The first-order valence-electron chi connectivity index (χ1n) is 9.98. The first kappa shape index (κ1) is 19.3. The minimum absolute atomic E-state index is 0.159. The molecule has 4 rings (SSSR count). The predicted octanol–water partition coefficient (Wildman–Crippen LogP) is 4.63. The second kappa shape index (κ2) is 8.13. The third kappa shape index (κ3) is 3.63. The first-order chi connectivity index (χ1) is 13.6. The number of fused-ring (bicyclic) bond motifs is 1. The number of carbonyl (C=O) groups excluding carboxylic acids is 1. The highest BCUT2D eigenvalue weighted by Crippen LogP contribution is 2.26. The van der Waals surface area contributed by atoms with Gasteiger partial charge in [-0.25, -0.2) is 4.98 Å². The number of aryl methyl sites for hydroxylation is 2. The summed E-state index contributed by atoms with van der Waals surface area (Å²) < 4.78 is 10.2. The van der Waals surface area contributed by atoms with E-state index in [1.807, 2.05) is 31.2 Å². The lowest BCUT2D eigenvalue weighted by molar-refractivity contribution is 0.0957. The van der Waals surface area contributed by atoms with Crippen molar-refractivity contribution < 1.29 is 9.53 Å². The summed E-state index contributed by atoms with van der Waals surface area (Å²) in [5.74, 6) is 0.555. The normalized spacial score (nSPS) is 16.9. The van der Waals surface area contributed by atoms with Crippen LogP contribution in [0.4, 0.5) is 0 Å². The summed E-state index contributed by atoms with van der Waals surface area (Å²) in [7, 11) is 0. The van der Waals surface area contributed by atoms with Gasteiger partial charge in [0, 0.05) is 36.6 Å². The van der Waals surface area contributed by atoms with E-state index in [1.54, 1.807) is 0 Å². The fraction of sp³-hybridized carbons (Fsp3) is 0.455. The molecule has 1 aliphatic heterocycles. The zero-order valence-electron chi connectivity index (χ0n) is 16.8. The molecule has 1 aliphatic rings. The average molecular weight is 398 g/mol. The number of hydrogen-bond donors (Lipinski definition) is 0. The van der Waals surface area contributed by atoms with Crippen molar-refractivity contribution in [3.8, 4) is 0 Å². The molecule has 6 heteroatoms. The number of hydrogen-bond acceptors (Lipinski definition) is 4. The molecule has 1 saturated heterocycles. The Hall–Kier alpha value is -2.05. The van der Waals surface area contributed by atoms with E-state index >= 15 is 0 Å². The quantitative estimate of drug-likeness (QED) is 0.431. The van der Waals surface area contributed by atoms with E-state index in [-0.39, 0.29) is 11.9 Å². The van der Waals surface area contributed by atoms with Crippen LogP contribution in [-0.2, 0) is 17.8 Å². The van der Waals surface area contributed by atoms with Gasteiger partial charge in [0.05, 0.1) is 22.9 Å². The highest BCUT2D eigenvalue weighted by molar-refractivity contribution is 7.99. The number of benzene rings is 1. The minimum Gasteiger partial charge on any atom is -0.376 e. The maximum absolute atomic E-state index is 13.0. The summed E-state index contributed by atoms with van der Waals surface area (Å²) in [6, 6.07) is 10.1. The van der Waals surface area contributed by atoms with Gasteiger partial charge in [-0.05, 0) is 51.8 Å². The van der Waals surface area contributed by atoms with E-state index in [4.69, 9.17) is 9.72 Å². The molecule has 148 valence electrons. The summed E-state index contributed by atoms with van der Waals surface area (Å²) in [4.78, 5) is 17.7. The Labute approximate surface area is 170 Å². The molecule has 0 spiro atoms. The Morgan fingerprint density at radius 1 is 1.29 bits per heavy atom. The topological polar surface area (TPSA) is 49.0 Å². The highest BCUT2D eigenvalue weighted by atomic mass is 32.2. The number of rotatable bonds is 7. The van der Waals surface area contributed by atoms with Gasteiger partial charge >= 0.3 is 0 Å². The lowest BCUT2D eigenvalue weighted by Gasteiger charge is -2.14. The van der Waals surface area contributed by atoms with Crippen molar-refractivity contribution in [2.45, 2.75) is 58.0 Å². The van der Waals surface area contributed by atoms with Crippen LogP contribution in [0.25, 0.3) is 11.0 Å². The van der Waals surface area contributed by atoms with E-state index in [2.05, 4.69) is 29.0 Å². The van der Waals surface area contributed by atoms with Crippen molar-refractivity contribution in [3.63, 3.8) is 0 Å². The predicted molar refractivity (Wildman–Crippen MR) is 113 cm³/mol. The highest BCUT2D eigenvalue weighted by Gasteiger charge is 2.21. The smallest absolute Gasteiger partial charge is 0.175 e. The number of thioether (sulfide) groups is 1. The van der Waals surface area contributed by atoms with Gasteiger partial charge in [-0.2, -0.15) is 0 Å². The Morgan fingerprint density at radius 2 is 2.11 bits per heavy atom. The summed E-state index contributed by atoms with van der Waals surface area (Å²) >= 11 is 1.53. The van der Waals surface area contributed by atoms with E-state index in [0.29, 0.717) is 5.75 Å². The number of imidazole rings is 1. The number of Topliss-reactive ketones (excluding diaryl/α,β-unsaturated/α-hetero) is 1. The molecule has 28 heavy (non-hydrogen) atoms. The number of carbonyl (C=O) groups is 1.